The zero-order valence-corrected chi connectivity index (χ0v) is 17.9. The quantitative estimate of drug-likeness (QED) is 0.646. The molecule has 0 saturated carbocycles. The Morgan fingerprint density at radius 1 is 1.16 bits per heavy atom. The molecule has 162 valence electrons. The fourth-order valence-corrected chi connectivity index (χ4v) is 4.42. The molecule has 31 heavy (non-hydrogen) atoms. The molecule has 6 nitrogen and oxygen atoms in total. The van der Waals surface area contributed by atoms with Gasteiger partial charge in [-0.3, -0.25) is 9.59 Å². The number of ketones is 1. The zero-order chi connectivity index (χ0) is 21.8. The first-order valence-electron chi connectivity index (χ1n) is 10.5. The molecule has 0 spiro atoms. The van der Waals surface area contributed by atoms with Crippen LogP contribution in [0.25, 0.3) is 6.08 Å². The number of hydrogen-bond acceptors (Lipinski definition) is 5. The maximum absolute atomic E-state index is 13.0. The molecule has 2 aliphatic rings. The molecule has 1 atom stereocenters. The van der Waals surface area contributed by atoms with Gasteiger partial charge in [-0.25, -0.2) is 0 Å². The van der Waals surface area contributed by atoms with E-state index < -0.39 is 23.5 Å². The molecule has 3 heterocycles. The van der Waals surface area contributed by atoms with E-state index in [2.05, 4.69) is 4.90 Å². The summed E-state index contributed by atoms with van der Waals surface area (Å²) in [7, 11) is 0. The third kappa shape index (κ3) is 4.75. The van der Waals surface area contributed by atoms with Crippen molar-refractivity contribution < 1.29 is 19.1 Å². The molecule has 1 fully saturated rings. The normalized spacial score (nSPS) is 20.2. The number of halogens is 1. The Morgan fingerprint density at radius 2 is 1.97 bits per heavy atom. The van der Waals surface area contributed by atoms with Crippen LogP contribution in [-0.2, 0) is 9.59 Å². The fraction of sp³-hybridized carbons (Fsp3) is 0.333. The number of aliphatic hydroxyl groups is 1. The summed E-state index contributed by atoms with van der Waals surface area (Å²) in [6, 6.07) is 9.82. The van der Waals surface area contributed by atoms with E-state index in [0.29, 0.717) is 29.4 Å². The molecule has 0 aliphatic carbocycles. The SMILES string of the molecule is O=C(/C=C/c1ccco1)C1=C(O)C(=O)N(CCN2CCCCC2)C1c1cccc(Cl)c1. The van der Waals surface area contributed by atoms with Crippen LogP contribution in [0.1, 0.15) is 36.6 Å². The molecule has 1 unspecified atom stereocenters. The zero-order valence-electron chi connectivity index (χ0n) is 17.2. The van der Waals surface area contributed by atoms with E-state index in [9.17, 15) is 14.7 Å². The molecule has 2 aromatic rings. The van der Waals surface area contributed by atoms with Crippen LogP contribution in [0.4, 0.5) is 0 Å². The van der Waals surface area contributed by atoms with E-state index in [-0.39, 0.29) is 5.57 Å². The highest BCUT2D eigenvalue weighted by atomic mass is 35.5. The van der Waals surface area contributed by atoms with E-state index >= 15 is 0 Å². The fourth-order valence-electron chi connectivity index (χ4n) is 4.23. The van der Waals surface area contributed by atoms with Crippen molar-refractivity contribution in [2.24, 2.45) is 0 Å². The Morgan fingerprint density at radius 3 is 2.68 bits per heavy atom. The number of hydrogen-bond donors (Lipinski definition) is 1. The Balaban J connectivity index is 1.62. The summed E-state index contributed by atoms with van der Waals surface area (Å²) in [5.41, 5.74) is 0.756. The number of piperidine rings is 1. The van der Waals surface area contributed by atoms with Crippen LogP contribution in [0, 0.1) is 0 Å². The van der Waals surface area contributed by atoms with Crippen molar-refractivity contribution in [2.45, 2.75) is 25.3 Å². The van der Waals surface area contributed by atoms with Gasteiger partial charge < -0.3 is 19.3 Å². The maximum atomic E-state index is 13.0. The van der Waals surface area contributed by atoms with Gasteiger partial charge in [0.05, 0.1) is 17.9 Å². The number of rotatable bonds is 7. The van der Waals surface area contributed by atoms with Crippen LogP contribution in [0.5, 0.6) is 0 Å². The van der Waals surface area contributed by atoms with Crippen molar-refractivity contribution in [1.82, 2.24) is 9.80 Å². The lowest BCUT2D eigenvalue weighted by Gasteiger charge is -2.31. The molecular weight excluding hydrogens is 416 g/mol. The predicted octanol–water partition coefficient (Wildman–Crippen LogP) is 4.40. The van der Waals surface area contributed by atoms with Gasteiger partial charge in [0, 0.05) is 18.1 Å². The smallest absolute Gasteiger partial charge is 0.290 e. The van der Waals surface area contributed by atoms with Crippen molar-refractivity contribution in [3.63, 3.8) is 0 Å². The van der Waals surface area contributed by atoms with Crippen molar-refractivity contribution >= 4 is 29.4 Å². The second-order valence-electron chi connectivity index (χ2n) is 7.83. The Hall–Kier alpha value is -2.83. The van der Waals surface area contributed by atoms with E-state index in [1.807, 2.05) is 6.07 Å². The number of likely N-dealkylation sites (tertiary alicyclic amines) is 1. The Bertz CT molecular complexity index is 1010. The van der Waals surface area contributed by atoms with Gasteiger partial charge in [0.2, 0.25) is 0 Å². The predicted molar refractivity (Wildman–Crippen MR) is 119 cm³/mol. The number of aliphatic hydroxyl groups excluding tert-OH is 1. The van der Waals surface area contributed by atoms with Crippen LogP contribution in [0.15, 0.2) is 64.5 Å². The standard InChI is InChI=1S/C24H25ClN2O4/c25-18-7-4-6-17(16-18)22-21(20(28)10-9-19-8-5-15-31-19)23(29)24(30)27(22)14-13-26-11-2-1-3-12-26/h4-10,15-16,22,29H,1-3,11-14H2/b10-9+. The Kier molecular flexibility index (Phi) is 6.59. The second-order valence-corrected chi connectivity index (χ2v) is 8.27. The van der Waals surface area contributed by atoms with Crippen LogP contribution in [0.2, 0.25) is 5.02 Å². The first kappa shape index (κ1) is 21.4. The van der Waals surface area contributed by atoms with E-state index in [1.54, 1.807) is 35.2 Å². The van der Waals surface area contributed by atoms with Crippen molar-refractivity contribution in [2.75, 3.05) is 26.2 Å². The van der Waals surface area contributed by atoms with Crippen molar-refractivity contribution in [3.05, 3.63) is 76.4 Å². The minimum Gasteiger partial charge on any atom is -0.503 e. The minimum absolute atomic E-state index is 0.0636. The molecule has 1 saturated heterocycles. The van der Waals surface area contributed by atoms with Gasteiger partial charge in [-0.1, -0.05) is 30.2 Å². The summed E-state index contributed by atoms with van der Waals surface area (Å²) in [6.45, 7) is 3.11. The monoisotopic (exact) mass is 440 g/mol. The van der Waals surface area contributed by atoms with Gasteiger partial charge in [0.1, 0.15) is 5.76 Å². The van der Waals surface area contributed by atoms with Gasteiger partial charge in [0.25, 0.3) is 5.91 Å². The molecule has 0 bridgehead atoms. The summed E-state index contributed by atoms with van der Waals surface area (Å²) in [5, 5.41) is 11.2. The molecule has 1 aromatic carbocycles. The van der Waals surface area contributed by atoms with Crippen molar-refractivity contribution in [3.8, 4) is 0 Å². The summed E-state index contributed by atoms with van der Waals surface area (Å²) < 4.78 is 5.23. The number of furan rings is 1. The summed E-state index contributed by atoms with van der Waals surface area (Å²) in [4.78, 5) is 29.9. The van der Waals surface area contributed by atoms with Crippen LogP contribution >= 0.6 is 11.6 Å². The minimum atomic E-state index is -0.690. The van der Waals surface area contributed by atoms with E-state index in [0.717, 1.165) is 25.9 Å². The van der Waals surface area contributed by atoms with Crippen LogP contribution < -0.4 is 0 Å². The summed E-state index contributed by atoms with van der Waals surface area (Å²) in [6.07, 6.45) is 7.89. The average molecular weight is 441 g/mol. The number of amides is 1. The third-order valence-corrected chi connectivity index (χ3v) is 6.02. The first-order valence-corrected chi connectivity index (χ1v) is 10.9. The highest BCUT2D eigenvalue weighted by molar-refractivity contribution is 6.30. The summed E-state index contributed by atoms with van der Waals surface area (Å²) in [5.74, 6) is -0.957. The van der Waals surface area contributed by atoms with Crippen LogP contribution in [-0.4, -0.2) is 52.8 Å². The lowest BCUT2D eigenvalue weighted by atomic mass is 9.95. The lowest BCUT2D eigenvalue weighted by molar-refractivity contribution is -0.129. The highest BCUT2D eigenvalue weighted by Gasteiger charge is 2.42. The highest BCUT2D eigenvalue weighted by Crippen LogP contribution is 2.38. The number of allylic oxidation sites excluding steroid dienone is 1. The topological polar surface area (TPSA) is 74.0 Å². The van der Waals surface area contributed by atoms with E-state index in [4.69, 9.17) is 16.0 Å². The molecular formula is C24H25ClN2O4. The molecule has 1 amide bonds. The number of carbonyl (C=O) groups excluding carboxylic acids is 2. The van der Waals surface area contributed by atoms with Gasteiger partial charge >= 0.3 is 0 Å². The summed E-state index contributed by atoms with van der Waals surface area (Å²) >= 11 is 6.20. The number of carbonyl (C=O) groups is 2. The molecule has 1 aromatic heterocycles. The van der Waals surface area contributed by atoms with Crippen molar-refractivity contribution in [1.29, 1.82) is 0 Å². The van der Waals surface area contributed by atoms with Gasteiger partial charge in [-0.2, -0.15) is 0 Å². The average Bonchev–Trinajstić information content (AvgIpc) is 3.38. The third-order valence-electron chi connectivity index (χ3n) is 5.78. The lowest BCUT2D eigenvalue weighted by Crippen LogP contribution is -2.40. The van der Waals surface area contributed by atoms with Crippen LogP contribution in [0.3, 0.4) is 0 Å². The van der Waals surface area contributed by atoms with Gasteiger partial charge in [-0.15, -0.1) is 0 Å². The maximum Gasteiger partial charge on any atom is 0.290 e. The molecule has 1 N–H and O–H groups in total. The Labute approximate surface area is 186 Å². The van der Waals surface area contributed by atoms with E-state index in [1.165, 1.54) is 24.8 Å². The molecule has 0 radical (unpaired) electrons. The van der Waals surface area contributed by atoms with Gasteiger partial charge in [-0.05, 0) is 67.9 Å². The number of nitrogens with zero attached hydrogens (tertiary/aromatic N) is 2. The van der Waals surface area contributed by atoms with Gasteiger partial charge in [0.15, 0.2) is 11.5 Å². The molecule has 4 rings (SSSR count). The molecule has 7 heteroatoms. The second kappa shape index (κ2) is 9.54. The number of benzene rings is 1. The first-order chi connectivity index (χ1) is 15.0. The molecule has 2 aliphatic heterocycles. The largest absolute Gasteiger partial charge is 0.503 e.